The number of ether oxygens (including phenoxy) is 1. The Morgan fingerprint density at radius 2 is 2.30 bits per heavy atom. The summed E-state index contributed by atoms with van der Waals surface area (Å²) in [6.07, 6.45) is 0.784. The molecule has 1 aliphatic heterocycles. The van der Waals surface area contributed by atoms with E-state index in [0.29, 0.717) is 22.8 Å². The molecule has 7 heteroatoms. The zero-order valence-electron chi connectivity index (χ0n) is 11.2. The molecule has 2 rings (SSSR count). The summed E-state index contributed by atoms with van der Waals surface area (Å²) in [6.45, 7) is 1.63. The zero-order valence-corrected chi connectivity index (χ0v) is 11.9. The largest absolute Gasteiger partial charge is 0.452 e. The fourth-order valence-corrected chi connectivity index (χ4v) is 2.17. The molecule has 0 saturated heterocycles. The molecule has 0 radical (unpaired) electrons. The lowest BCUT2D eigenvalue weighted by molar-refractivity contribution is 0.168. The SMILES string of the molecule is COC(=O)NNC1=NC(c2cc(F)c(C)c(Cl)c2)CC1. The second kappa shape index (κ2) is 6.09. The van der Waals surface area contributed by atoms with Gasteiger partial charge in [-0.25, -0.2) is 14.6 Å². The molecular weight excluding hydrogens is 285 g/mol. The van der Waals surface area contributed by atoms with Crippen LogP contribution in [0.2, 0.25) is 5.02 Å². The Morgan fingerprint density at radius 1 is 1.55 bits per heavy atom. The normalized spacial score (nSPS) is 17.6. The van der Waals surface area contributed by atoms with Gasteiger partial charge in [0.25, 0.3) is 0 Å². The van der Waals surface area contributed by atoms with E-state index < -0.39 is 6.09 Å². The number of amides is 1. The number of hydrogen-bond acceptors (Lipinski definition) is 4. The van der Waals surface area contributed by atoms with Crippen molar-refractivity contribution in [2.75, 3.05) is 7.11 Å². The predicted molar refractivity (Wildman–Crippen MR) is 74.2 cm³/mol. The molecule has 0 spiro atoms. The molecule has 1 heterocycles. The summed E-state index contributed by atoms with van der Waals surface area (Å²) >= 11 is 5.98. The van der Waals surface area contributed by atoms with Gasteiger partial charge in [0.2, 0.25) is 0 Å². The second-order valence-corrected chi connectivity index (χ2v) is 4.89. The standard InChI is InChI=1S/C13H15ClFN3O2/c1-7-9(14)5-8(6-10(7)15)11-3-4-12(16-11)17-18-13(19)20-2/h5-6,11H,3-4H2,1-2H3,(H,16,17)(H,18,19). The predicted octanol–water partition coefficient (Wildman–Crippen LogP) is 2.88. The Balaban J connectivity index is 2.08. The number of carbonyl (C=O) groups is 1. The van der Waals surface area contributed by atoms with E-state index in [2.05, 4.69) is 20.6 Å². The first-order valence-electron chi connectivity index (χ1n) is 6.13. The number of methoxy groups -OCH3 is 1. The van der Waals surface area contributed by atoms with Crippen LogP contribution >= 0.6 is 11.6 Å². The maximum atomic E-state index is 13.7. The topological polar surface area (TPSA) is 62.7 Å². The highest BCUT2D eigenvalue weighted by atomic mass is 35.5. The number of benzene rings is 1. The van der Waals surface area contributed by atoms with Crippen LogP contribution in [0.5, 0.6) is 0 Å². The molecule has 0 bridgehead atoms. The molecule has 1 aromatic rings. The van der Waals surface area contributed by atoms with Gasteiger partial charge in [-0.15, -0.1) is 0 Å². The van der Waals surface area contributed by atoms with E-state index in [4.69, 9.17) is 11.6 Å². The molecule has 0 fully saturated rings. The summed E-state index contributed by atoms with van der Waals surface area (Å²) in [5.41, 5.74) is 6.17. The van der Waals surface area contributed by atoms with Crippen LogP contribution in [-0.4, -0.2) is 19.0 Å². The Bertz CT molecular complexity index is 540. The summed E-state index contributed by atoms with van der Waals surface area (Å²) < 4.78 is 18.1. The monoisotopic (exact) mass is 299 g/mol. The minimum absolute atomic E-state index is 0.162. The molecule has 0 aromatic heterocycles. The average molecular weight is 300 g/mol. The smallest absolute Gasteiger partial charge is 0.425 e. The van der Waals surface area contributed by atoms with Gasteiger partial charge in [-0.3, -0.25) is 10.4 Å². The molecule has 20 heavy (non-hydrogen) atoms. The van der Waals surface area contributed by atoms with Crippen LogP contribution in [0.4, 0.5) is 9.18 Å². The van der Waals surface area contributed by atoms with Crippen molar-refractivity contribution in [2.24, 2.45) is 4.99 Å². The summed E-state index contributed by atoms with van der Waals surface area (Å²) in [6, 6.07) is 3.01. The highest BCUT2D eigenvalue weighted by Gasteiger charge is 2.21. The van der Waals surface area contributed by atoms with Crippen molar-refractivity contribution in [3.8, 4) is 0 Å². The summed E-state index contributed by atoms with van der Waals surface area (Å²) in [5.74, 6) is 0.286. The Hall–Kier alpha value is -1.82. The van der Waals surface area contributed by atoms with E-state index in [1.165, 1.54) is 13.2 Å². The third-order valence-corrected chi connectivity index (χ3v) is 3.54. The van der Waals surface area contributed by atoms with E-state index in [0.717, 1.165) is 12.0 Å². The van der Waals surface area contributed by atoms with Crippen LogP contribution in [0.25, 0.3) is 0 Å². The van der Waals surface area contributed by atoms with Crippen molar-refractivity contribution in [1.82, 2.24) is 10.9 Å². The Labute approximate surface area is 121 Å². The number of amidine groups is 1. The van der Waals surface area contributed by atoms with Crippen LogP contribution in [0.3, 0.4) is 0 Å². The van der Waals surface area contributed by atoms with Crippen LogP contribution in [0, 0.1) is 12.7 Å². The molecule has 1 amide bonds. The zero-order chi connectivity index (χ0) is 14.7. The Morgan fingerprint density at radius 3 is 2.95 bits per heavy atom. The number of nitrogens with zero attached hydrogens (tertiary/aromatic N) is 1. The third kappa shape index (κ3) is 3.19. The van der Waals surface area contributed by atoms with E-state index in [-0.39, 0.29) is 11.9 Å². The van der Waals surface area contributed by atoms with E-state index in [9.17, 15) is 9.18 Å². The lowest BCUT2D eigenvalue weighted by Gasteiger charge is -2.09. The summed E-state index contributed by atoms with van der Waals surface area (Å²) in [4.78, 5) is 15.3. The van der Waals surface area contributed by atoms with Crippen molar-refractivity contribution >= 4 is 23.5 Å². The van der Waals surface area contributed by atoms with Crippen molar-refractivity contribution in [3.63, 3.8) is 0 Å². The molecule has 2 N–H and O–H groups in total. The first kappa shape index (κ1) is 14.6. The van der Waals surface area contributed by atoms with Gasteiger partial charge in [0.1, 0.15) is 11.7 Å². The van der Waals surface area contributed by atoms with Crippen molar-refractivity contribution in [2.45, 2.75) is 25.8 Å². The molecule has 1 aliphatic rings. The van der Waals surface area contributed by atoms with Crippen LogP contribution in [0.1, 0.15) is 30.0 Å². The van der Waals surface area contributed by atoms with Gasteiger partial charge in [-0.05, 0) is 31.0 Å². The highest BCUT2D eigenvalue weighted by Crippen LogP contribution is 2.32. The van der Waals surface area contributed by atoms with Gasteiger partial charge in [-0.2, -0.15) is 0 Å². The molecule has 5 nitrogen and oxygen atoms in total. The number of aliphatic imine (C=N–C) groups is 1. The average Bonchev–Trinajstić information content (AvgIpc) is 2.90. The van der Waals surface area contributed by atoms with Crippen LogP contribution in [-0.2, 0) is 4.74 Å². The maximum Gasteiger partial charge on any atom is 0.425 e. The first-order valence-corrected chi connectivity index (χ1v) is 6.51. The van der Waals surface area contributed by atoms with E-state index in [1.807, 2.05) is 0 Å². The first-order chi connectivity index (χ1) is 9.51. The fourth-order valence-electron chi connectivity index (χ4n) is 1.96. The van der Waals surface area contributed by atoms with Crippen molar-refractivity contribution in [3.05, 3.63) is 34.1 Å². The van der Waals surface area contributed by atoms with Gasteiger partial charge in [-0.1, -0.05) is 11.6 Å². The molecule has 1 atom stereocenters. The van der Waals surface area contributed by atoms with Crippen molar-refractivity contribution in [1.29, 1.82) is 0 Å². The van der Waals surface area contributed by atoms with Gasteiger partial charge in [0, 0.05) is 17.0 Å². The number of carbonyl (C=O) groups excluding carboxylic acids is 1. The van der Waals surface area contributed by atoms with Gasteiger partial charge in [0.05, 0.1) is 13.2 Å². The highest BCUT2D eigenvalue weighted by molar-refractivity contribution is 6.31. The number of hydrogen-bond donors (Lipinski definition) is 2. The van der Waals surface area contributed by atoms with Gasteiger partial charge in [0.15, 0.2) is 0 Å². The van der Waals surface area contributed by atoms with Crippen LogP contribution < -0.4 is 10.9 Å². The molecule has 0 aliphatic carbocycles. The summed E-state index contributed by atoms with van der Waals surface area (Å²) in [7, 11) is 1.27. The third-order valence-electron chi connectivity index (χ3n) is 3.15. The fraction of sp³-hybridized carbons (Fsp3) is 0.385. The molecule has 0 saturated carbocycles. The number of halogens is 2. The minimum Gasteiger partial charge on any atom is -0.452 e. The lowest BCUT2D eigenvalue weighted by atomic mass is 10.0. The van der Waals surface area contributed by atoms with E-state index in [1.54, 1.807) is 13.0 Å². The molecule has 1 unspecified atom stereocenters. The molecular formula is C13H15ClFN3O2. The quantitative estimate of drug-likeness (QED) is 0.784. The Kier molecular flexibility index (Phi) is 4.44. The van der Waals surface area contributed by atoms with Crippen LogP contribution in [0.15, 0.2) is 17.1 Å². The number of rotatable bonds is 1. The van der Waals surface area contributed by atoms with E-state index >= 15 is 0 Å². The second-order valence-electron chi connectivity index (χ2n) is 4.48. The maximum absolute atomic E-state index is 13.7. The number of hydrazine groups is 1. The summed E-state index contributed by atoms with van der Waals surface area (Å²) in [5, 5.41) is 0.393. The van der Waals surface area contributed by atoms with Crippen molar-refractivity contribution < 1.29 is 13.9 Å². The molecule has 108 valence electrons. The number of nitrogens with one attached hydrogen (secondary N) is 2. The lowest BCUT2D eigenvalue weighted by Crippen LogP contribution is -2.40. The minimum atomic E-state index is -0.597. The van der Waals surface area contributed by atoms with Gasteiger partial charge < -0.3 is 4.74 Å². The van der Waals surface area contributed by atoms with Gasteiger partial charge >= 0.3 is 6.09 Å². The molecule has 1 aromatic carbocycles.